The summed E-state index contributed by atoms with van der Waals surface area (Å²) in [5.41, 5.74) is 1.27. The van der Waals surface area contributed by atoms with Crippen LogP contribution in [0.25, 0.3) is 0 Å². The van der Waals surface area contributed by atoms with Crippen molar-refractivity contribution in [3.05, 3.63) is 35.9 Å². The molecule has 0 saturated carbocycles. The molecule has 4 nitrogen and oxygen atoms in total. The molecule has 1 amide bonds. The second-order valence-corrected chi connectivity index (χ2v) is 5.90. The fourth-order valence-electron chi connectivity index (χ4n) is 3.19. The van der Waals surface area contributed by atoms with Crippen molar-refractivity contribution in [2.24, 2.45) is 0 Å². The SMILES string of the molecule is CCN(CC)C(CNC(=O)[C@H]1CCCCN1)c1ccccc1. The van der Waals surface area contributed by atoms with Crippen LogP contribution < -0.4 is 10.6 Å². The molecule has 2 N–H and O–H groups in total. The summed E-state index contributed by atoms with van der Waals surface area (Å²) in [5, 5.41) is 6.47. The highest BCUT2D eigenvalue weighted by atomic mass is 16.2. The lowest BCUT2D eigenvalue weighted by atomic mass is 10.0. The third-order valence-corrected chi connectivity index (χ3v) is 4.53. The Morgan fingerprint density at radius 1 is 1.27 bits per heavy atom. The molecule has 0 aliphatic carbocycles. The fourth-order valence-corrected chi connectivity index (χ4v) is 3.19. The Kier molecular flexibility index (Phi) is 6.87. The fraction of sp³-hybridized carbons (Fsp3) is 0.611. The summed E-state index contributed by atoms with van der Waals surface area (Å²) >= 11 is 0. The van der Waals surface area contributed by atoms with Crippen LogP contribution in [0, 0.1) is 0 Å². The van der Waals surface area contributed by atoms with E-state index in [1.807, 2.05) is 6.07 Å². The van der Waals surface area contributed by atoms with Crippen LogP contribution in [0.4, 0.5) is 0 Å². The first-order chi connectivity index (χ1) is 10.8. The van der Waals surface area contributed by atoms with Gasteiger partial charge < -0.3 is 10.6 Å². The molecule has 4 heteroatoms. The first kappa shape index (κ1) is 17.0. The minimum atomic E-state index is -0.0122. The number of nitrogens with one attached hydrogen (secondary N) is 2. The number of carbonyl (C=O) groups excluding carboxylic acids is 1. The summed E-state index contributed by atoms with van der Waals surface area (Å²) < 4.78 is 0. The van der Waals surface area contributed by atoms with Crippen LogP contribution in [-0.4, -0.2) is 43.0 Å². The van der Waals surface area contributed by atoms with Crippen LogP contribution in [-0.2, 0) is 4.79 Å². The lowest BCUT2D eigenvalue weighted by Gasteiger charge is -2.31. The van der Waals surface area contributed by atoms with Crippen LogP contribution in [0.3, 0.4) is 0 Å². The molecule has 1 unspecified atom stereocenters. The number of piperidine rings is 1. The maximum atomic E-state index is 12.3. The molecule has 1 fully saturated rings. The number of likely N-dealkylation sites (N-methyl/N-ethyl adjacent to an activating group) is 1. The van der Waals surface area contributed by atoms with Gasteiger partial charge in [-0.15, -0.1) is 0 Å². The van der Waals surface area contributed by atoms with Crippen LogP contribution in [0.15, 0.2) is 30.3 Å². The van der Waals surface area contributed by atoms with E-state index in [4.69, 9.17) is 0 Å². The number of hydrogen-bond acceptors (Lipinski definition) is 3. The highest BCUT2D eigenvalue weighted by Crippen LogP contribution is 2.19. The second kappa shape index (κ2) is 8.91. The Morgan fingerprint density at radius 3 is 2.59 bits per heavy atom. The van der Waals surface area contributed by atoms with Gasteiger partial charge in [0, 0.05) is 6.54 Å². The van der Waals surface area contributed by atoms with E-state index in [0.29, 0.717) is 6.54 Å². The Bertz CT molecular complexity index is 439. The molecule has 1 saturated heterocycles. The van der Waals surface area contributed by atoms with E-state index in [1.165, 1.54) is 12.0 Å². The summed E-state index contributed by atoms with van der Waals surface area (Å²) in [7, 11) is 0. The maximum Gasteiger partial charge on any atom is 0.237 e. The zero-order chi connectivity index (χ0) is 15.8. The zero-order valence-corrected chi connectivity index (χ0v) is 13.8. The Morgan fingerprint density at radius 2 is 2.00 bits per heavy atom. The number of hydrogen-bond donors (Lipinski definition) is 2. The van der Waals surface area contributed by atoms with Crippen LogP contribution in [0.2, 0.25) is 0 Å². The van der Waals surface area contributed by atoms with Crippen molar-refractivity contribution >= 4 is 5.91 Å². The van der Waals surface area contributed by atoms with Crippen molar-refractivity contribution in [2.45, 2.75) is 45.2 Å². The van der Waals surface area contributed by atoms with Crippen molar-refractivity contribution < 1.29 is 4.79 Å². The molecule has 22 heavy (non-hydrogen) atoms. The van der Waals surface area contributed by atoms with Crippen LogP contribution >= 0.6 is 0 Å². The van der Waals surface area contributed by atoms with Crippen molar-refractivity contribution in [1.29, 1.82) is 0 Å². The van der Waals surface area contributed by atoms with Crippen molar-refractivity contribution in [3.8, 4) is 0 Å². The molecule has 0 bridgehead atoms. The third kappa shape index (κ3) is 4.55. The van der Waals surface area contributed by atoms with E-state index >= 15 is 0 Å². The molecule has 0 spiro atoms. The highest BCUT2D eigenvalue weighted by Gasteiger charge is 2.23. The van der Waals surface area contributed by atoms with E-state index in [-0.39, 0.29) is 18.0 Å². The number of rotatable bonds is 7. The van der Waals surface area contributed by atoms with Gasteiger partial charge in [0.2, 0.25) is 5.91 Å². The molecule has 1 aromatic carbocycles. The van der Waals surface area contributed by atoms with E-state index in [2.05, 4.69) is 53.6 Å². The number of carbonyl (C=O) groups is 1. The van der Waals surface area contributed by atoms with E-state index in [0.717, 1.165) is 32.5 Å². The summed E-state index contributed by atoms with van der Waals surface area (Å²) in [6.45, 7) is 7.92. The van der Waals surface area contributed by atoms with E-state index in [9.17, 15) is 4.79 Å². The molecule has 1 aromatic rings. The molecule has 0 aromatic heterocycles. The van der Waals surface area contributed by atoms with Gasteiger partial charge in [-0.05, 0) is 38.0 Å². The minimum Gasteiger partial charge on any atom is -0.353 e. The van der Waals surface area contributed by atoms with E-state index < -0.39 is 0 Å². The number of amides is 1. The highest BCUT2D eigenvalue weighted by molar-refractivity contribution is 5.81. The molecule has 1 aliphatic rings. The molecular formula is C18H29N3O. The van der Waals surface area contributed by atoms with Gasteiger partial charge in [0.05, 0.1) is 12.1 Å². The summed E-state index contributed by atoms with van der Waals surface area (Å²) in [6.07, 6.45) is 3.27. The van der Waals surface area contributed by atoms with Crippen molar-refractivity contribution in [1.82, 2.24) is 15.5 Å². The number of nitrogens with zero attached hydrogens (tertiary/aromatic N) is 1. The molecule has 1 aliphatic heterocycles. The molecule has 1 heterocycles. The molecule has 2 atom stereocenters. The normalized spacial score (nSPS) is 19.9. The first-order valence-corrected chi connectivity index (χ1v) is 8.56. The van der Waals surface area contributed by atoms with Gasteiger partial charge in [-0.2, -0.15) is 0 Å². The summed E-state index contributed by atoms with van der Waals surface area (Å²) in [5.74, 6) is 0.146. The Labute approximate surface area is 134 Å². The van der Waals surface area contributed by atoms with Gasteiger partial charge in [-0.1, -0.05) is 50.6 Å². The predicted octanol–water partition coefficient (Wildman–Crippen LogP) is 2.33. The standard InChI is InChI=1S/C18H29N3O/c1-3-21(4-2)17(15-10-6-5-7-11-15)14-20-18(22)16-12-8-9-13-19-16/h5-7,10-11,16-17,19H,3-4,8-9,12-14H2,1-2H3,(H,20,22)/t16-,17?/m1/s1. The summed E-state index contributed by atoms with van der Waals surface area (Å²) in [6, 6.07) is 10.7. The predicted molar refractivity (Wildman–Crippen MR) is 90.8 cm³/mol. The monoisotopic (exact) mass is 303 g/mol. The first-order valence-electron chi connectivity index (χ1n) is 8.56. The van der Waals surface area contributed by atoms with Crippen molar-refractivity contribution in [3.63, 3.8) is 0 Å². The summed E-state index contributed by atoms with van der Waals surface area (Å²) in [4.78, 5) is 14.7. The van der Waals surface area contributed by atoms with Gasteiger partial charge in [0.25, 0.3) is 0 Å². The second-order valence-electron chi connectivity index (χ2n) is 5.90. The van der Waals surface area contributed by atoms with Crippen LogP contribution in [0.1, 0.15) is 44.7 Å². The van der Waals surface area contributed by atoms with Gasteiger partial charge in [0.1, 0.15) is 0 Å². The molecule has 0 radical (unpaired) electrons. The molecular weight excluding hydrogens is 274 g/mol. The smallest absolute Gasteiger partial charge is 0.237 e. The molecule has 2 rings (SSSR count). The largest absolute Gasteiger partial charge is 0.353 e. The van der Waals surface area contributed by atoms with E-state index in [1.54, 1.807) is 0 Å². The van der Waals surface area contributed by atoms with Crippen LogP contribution in [0.5, 0.6) is 0 Å². The average Bonchev–Trinajstić information content (AvgIpc) is 2.60. The quantitative estimate of drug-likeness (QED) is 0.812. The third-order valence-electron chi connectivity index (χ3n) is 4.53. The molecule has 122 valence electrons. The van der Waals surface area contributed by atoms with Gasteiger partial charge in [-0.3, -0.25) is 9.69 Å². The van der Waals surface area contributed by atoms with Gasteiger partial charge >= 0.3 is 0 Å². The topological polar surface area (TPSA) is 44.4 Å². The van der Waals surface area contributed by atoms with Gasteiger partial charge in [0.15, 0.2) is 0 Å². The lowest BCUT2D eigenvalue weighted by molar-refractivity contribution is -0.123. The zero-order valence-electron chi connectivity index (χ0n) is 13.8. The Hall–Kier alpha value is -1.39. The van der Waals surface area contributed by atoms with Crippen molar-refractivity contribution in [2.75, 3.05) is 26.2 Å². The minimum absolute atomic E-state index is 0.0122. The lowest BCUT2D eigenvalue weighted by Crippen LogP contribution is -2.48. The van der Waals surface area contributed by atoms with Gasteiger partial charge in [-0.25, -0.2) is 0 Å². The Balaban J connectivity index is 1.98. The number of benzene rings is 1. The maximum absolute atomic E-state index is 12.3. The average molecular weight is 303 g/mol.